The highest BCUT2D eigenvalue weighted by atomic mass is 16.5. The van der Waals surface area contributed by atoms with Crippen molar-refractivity contribution in [3.05, 3.63) is 54.1 Å². The van der Waals surface area contributed by atoms with Gasteiger partial charge in [-0.2, -0.15) is 0 Å². The number of anilines is 1. The number of benzene rings is 2. The predicted molar refractivity (Wildman–Crippen MR) is 84.4 cm³/mol. The highest BCUT2D eigenvalue weighted by Crippen LogP contribution is 2.31. The largest absolute Gasteiger partial charge is 0.497 e. The summed E-state index contributed by atoms with van der Waals surface area (Å²) in [4.78, 5) is 12.2. The lowest BCUT2D eigenvalue weighted by Gasteiger charge is -2.26. The second-order valence-corrected chi connectivity index (χ2v) is 5.06. The molecule has 1 aliphatic heterocycles. The molecule has 2 aromatic carbocycles. The topological polar surface area (TPSA) is 59.6 Å². The molecule has 114 valence electrons. The number of amides is 2. The summed E-state index contributed by atoms with van der Waals surface area (Å²) in [5.74, 6) is 1.54. The predicted octanol–water partition coefficient (Wildman–Crippen LogP) is 3.34. The zero-order valence-corrected chi connectivity index (χ0v) is 12.3. The molecule has 0 aliphatic carbocycles. The second kappa shape index (κ2) is 6.39. The molecule has 22 heavy (non-hydrogen) atoms. The van der Waals surface area contributed by atoms with Crippen LogP contribution in [0.3, 0.4) is 0 Å². The average molecular weight is 298 g/mol. The van der Waals surface area contributed by atoms with Crippen molar-refractivity contribution in [1.29, 1.82) is 0 Å². The first-order valence-electron chi connectivity index (χ1n) is 7.19. The molecule has 0 saturated heterocycles. The van der Waals surface area contributed by atoms with Gasteiger partial charge in [0.2, 0.25) is 0 Å². The van der Waals surface area contributed by atoms with Crippen molar-refractivity contribution < 1.29 is 14.3 Å². The molecule has 0 saturated carbocycles. The van der Waals surface area contributed by atoms with Crippen LogP contribution in [-0.4, -0.2) is 19.7 Å². The Kier molecular flexibility index (Phi) is 4.14. The van der Waals surface area contributed by atoms with Crippen molar-refractivity contribution in [1.82, 2.24) is 5.32 Å². The fraction of sp³-hybridized carbons (Fsp3) is 0.235. The summed E-state index contributed by atoms with van der Waals surface area (Å²) in [5.41, 5.74) is 1.70. The van der Waals surface area contributed by atoms with Crippen LogP contribution in [0.25, 0.3) is 0 Å². The van der Waals surface area contributed by atoms with Gasteiger partial charge in [0, 0.05) is 23.7 Å². The Morgan fingerprint density at radius 2 is 2.09 bits per heavy atom. The summed E-state index contributed by atoms with van der Waals surface area (Å²) in [6.45, 7) is 0.598. The minimum absolute atomic E-state index is 0.0458. The molecule has 0 bridgehead atoms. The zero-order valence-electron chi connectivity index (χ0n) is 12.3. The number of rotatable bonds is 3. The van der Waals surface area contributed by atoms with E-state index in [-0.39, 0.29) is 12.1 Å². The van der Waals surface area contributed by atoms with Gasteiger partial charge >= 0.3 is 6.03 Å². The highest BCUT2D eigenvalue weighted by molar-refractivity contribution is 5.89. The molecule has 1 heterocycles. The van der Waals surface area contributed by atoms with Gasteiger partial charge in [0.15, 0.2) is 0 Å². The van der Waals surface area contributed by atoms with Crippen LogP contribution in [0.4, 0.5) is 10.5 Å². The third kappa shape index (κ3) is 3.14. The van der Waals surface area contributed by atoms with Gasteiger partial charge in [-0.15, -0.1) is 0 Å². The molecule has 0 unspecified atom stereocenters. The van der Waals surface area contributed by atoms with Crippen LogP contribution in [-0.2, 0) is 0 Å². The maximum Gasteiger partial charge on any atom is 0.319 e. The monoisotopic (exact) mass is 298 g/mol. The third-order valence-corrected chi connectivity index (χ3v) is 3.59. The molecule has 0 aromatic heterocycles. The first kappa shape index (κ1) is 14.3. The first-order chi connectivity index (χ1) is 10.8. The van der Waals surface area contributed by atoms with E-state index in [2.05, 4.69) is 10.6 Å². The Morgan fingerprint density at radius 3 is 2.95 bits per heavy atom. The number of ether oxygens (including phenoxy) is 2. The maximum atomic E-state index is 12.2. The van der Waals surface area contributed by atoms with E-state index < -0.39 is 0 Å². The van der Waals surface area contributed by atoms with Gasteiger partial charge in [-0.25, -0.2) is 4.79 Å². The summed E-state index contributed by atoms with van der Waals surface area (Å²) in [6.07, 6.45) is 0.753. The van der Waals surface area contributed by atoms with E-state index in [0.29, 0.717) is 18.0 Å². The molecular formula is C17H18N2O3. The minimum Gasteiger partial charge on any atom is -0.497 e. The number of para-hydroxylation sites is 1. The Balaban J connectivity index is 1.67. The van der Waals surface area contributed by atoms with Crippen LogP contribution in [0.1, 0.15) is 18.0 Å². The molecule has 0 radical (unpaired) electrons. The number of hydrogen-bond donors (Lipinski definition) is 2. The molecule has 5 heteroatoms. The summed E-state index contributed by atoms with van der Waals surface area (Å²) >= 11 is 0. The number of nitrogens with one attached hydrogen (secondary N) is 2. The van der Waals surface area contributed by atoms with Crippen molar-refractivity contribution in [2.24, 2.45) is 0 Å². The smallest absolute Gasteiger partial charge is 0.319 e. The first-order valence-corrected chi connectivity index (χ1v) is 7.19. The number of fused-ring (bicyclic) bond motifs is 1. The lowest BCUT2D eigenvalue weighted by atomic mass is 10.0. The molecular weight excluding hydrogens is 280 g/mol. The van der Waals surface area contributed by atoms with Crippen LogP contribution in [0.15, 0.2) is 48.5 Å². The van der Waals surface area contributed by atoms with Gasteiger partial charge in [-0.3, -0.25) is 0 Å². The molecule has 5 nitrogen and oxygen atoms in total. The minimum atomic E-state index is -0.241. The molecule has 2 N–H and O–H groups in total. The molecule has 1 atom stereocenters. The van der Waals surface area contributed by atoms with Crippen LogP contribution in [0.2, 0.25) is 0 Å². The molecule has 1 aliphatic rings. The summed E-state index contributed by atoms with van der Waals surface area (Å²) in [7, 11) is 1.60. The van der Waals surface area contributed by atoms with Crippen molar-refractivity contribution >= 4 is 11.7 Å². The quantitative estimate of drug-likeness (QED) is 0.913. The fourth-order valence-electron chi connectivity index (χ4n) is 2.52. The van der Waals surface area contributed by atoms with Crippen LogP contribution in [0, 0.1) is 0 Å². The zero-order chi connectivity index (χ0) is 15.4. The number of hydrogen-bond acceptors (Lipinski definition) is 3. The standard InChI is InChI=1S/C17H18N2O3/c1-21-13-6-4-5-12(11-13)18-17(20)19-15-9-10-22-16-8-3-2-7-14(15)16/h2-8,11,15H,9-10H2,1H3,(H2,18,19,20)/t15-/m1/s1. The summed E-state index contributed by atoms with van der Waals surface area (Å²) in [5, 5.41) is 5.81. The van der Waals surface area contributed by atoms with Gasteiger partial charge in [-0.1, -0.05) is 24.3 Å². The normalized spacial score (nSPS) is 16.1. The number of methoxy groups -OCH3 is 1. The van der Waals surface area contributed by atoms with Crippen LogP contribution >= 0.6 is 0 Å². The summed E-state index contributed by atoms with van der Waals surface area (Å²) < 4.78 is 10.7. The number of urea groups is 1. The Labute approximate surface area is 129 Å². The fourth-order valence-corrected chi connectivity index (χ4v) is 2.52. The van der Waals surface area contributed by atoms with E-state index in [9.17, 15) is 4.79 Å². The van der Waals surface area contributed by atoms with E-state index in [0.717, 1.165) is 17.7 Å². The van der Waals surface area contributed by atoms with Crippen LogP contribution < -0.4 is 20.1 Å². The highest BCUT2D eigenvalue weighted by Gasteiger charge is 2.22. The number of carbonyl (C=O) groups is 1. The van der Waals surface area contributed by atoms with Gasteiger partial charge in [0.1, 0.15) is 11.5 Å². The summed E-state index contributed by atoms with van der Waals surface area (Å²) in [6, 6.07) is 14.7. The van der Waals surface area contributed by atoms with E-state index in [4.69, 9.17) is 9.47 Å². The van der Waals surface area contributed by atoms with E-state index in [1.165, 1.54) is 0 Å². The van der Waals surface area contributed by atoms with Gasteiger partial charge in [-0.05, 0) is 18.2 Å². The molecule has 0 spiro atoms. The SMILES string of the molecule is COc1cccc(NC(=O)N[C@@H]2CCOc3ccccc32)c1. The van der Waals surface area contributed by atoms with Crippen molar-refractivity contribution in [2.45, 2.75) is 12.5 Å². The van der Waals surface area contributed by atoms with E-state index in [1.807, 2.05) is 42.5 Å². The Morgan fingerprint density at radius 1 is 1.23 bits per heavy atom. The van der Waals surface area contributed by atoms with Crippen molar-refractivity contribution in [2.75, 3.05) is 19.0 Å². The Hall–Kier alpha value is -2.69. The van der Waals surface area contributed by atoms with Crippen LogP contribution in [0.5, 0.6) is 11.5 Å². The van der Waals surface area contributed by atoms with Gasteiger partial charge in [0.05, 0.1) is 19.8 Å². The third-order valence-electron chi connectivity index (χ3n) is 3.59. The van der Waals surface area contributed by atoms with Gasteiger partial charge < -0.3 is 20.1 Å². The molecule has 0 fully saturated rings. The van der Waals surface area contributed by atoms with Crippen molar-refractivity contribution in [3.8, 4) is 11.5 Å². The van der Waals surface area contributed by atoms with Gasteiger partial charge in [0.25, 0.3) is 0 Å². The van der Waals surface area contributed by atoms with Crippen molar-refractivity contribution in [3.63, 3.8) is 0 Å². The molecule has 2 aromatic rings. The Bertz CT molecular complexity index is 672. The average Bonchev–Trinajstić information content (AvgIpc) is 2.55. The molecule has 2 amide bonds. The lowest BCUT2D eigenvalue weighted by Crippen LogP contribution is -2.35. The lowest BCUT2D eigenvalue weighted by molar-refractivity contribution is 0.232. The number of carbonyl (C=O) groups excluding carboxylic acids is 1. The van der Waals surface area contributed by atoms with E-state index in [1.54, 1.807) is 13.2 Å². The molecule has 3 rings (SSSR count). The second-order valence-electron chi connectivity index (χ2n) is 5.06. The maximum absolute atomic E-state index is 12.2. The van der Waals surface area contributed by atoms with E-state index >= 15 is 0 Å².